The van der Waals surface area contributed by atoms with Crippen LogP contribution in [0.3, 0.4) is 0 Å². The molecule has 0 fully saturated rings. The Morgan fingerprint density at radius 2 is 1.86 bits per heavy atom. The average Bonchev–Trinajstić information content (AvgIpc) is 2.23. The van der Waals surface area contributed by atoms with Gasteiger partial charge in [-0.15, -0.1) is 0 Å². The van der Waals surface area contributed by atoms with Crippen LogP contribution in [0, 0.1) is 6.92 Å². The summed E-state index contributed by atoms with van der Waals surface area (Å²) in [7, 11) is 0. The molecule has 0 amide bonds. The number of ether oxygens (including phenoxy) is 2. The molecule has 1 aromatic rings. The van der Waals surface area contributed by atoms with Crippen molar-refractivity contribution in [2.75, 3.05) is 13.2 Å². The number of phenolic OH excluding ortho intramolecular Hbond substituents is 1. The lowest BCUT2D eigenvalue weighted by atomic mass is 10.2. The molecule has 0 radical (unpaired) electrons. The Bertz CT molecular complexity index is 355. The van der Waals surface area contributed by atoms with Gasteiger partial charge >= 0.3 is 0 Å². The molecule has 0 bridgehead atoms. The summed E-state index contributed by atoms with van der Waals surface area (Å²) in [5, 5.41) is 10.1. The van der Waals surface area contributed by atoms with Gasteiger partial charge in [0.1, 0.15) is 23.4 Å². The van der Waals surface area contributed by atoms with Gasteiger partial charge in [0.2, 0.25) is 0 Å². The van der Waals surface area contributed by atoms with E-state index in [9.17, 15) is 5.11 Å². The van der Waals surface area contributed by atoms with Crippen molar-refractivity contribution < 1.29 is 14.6 Å². The zero-order valence-electron chi connectivity index (χ0n) is 7.43. The molecule has 0 atom stereocenters. The van der Waals surface area contributed by atoms with Gasteiger partial charge in [-0.05, 0) is 22.9 Å². The van der Waals surface area contributed by atoms with E-state index in [0.717, 1.165) is 0 Å². The first-order valence-corrected chi connectivity index (χ1v) is 5.26. The molecule has 0 spiro atoms. The second-order valence-electron chi connectivity index (χ2n) is 2.96. The van der Waals surface area contributed by atoms with Crippen LogP contribution >= 0.6 is 27.5 Å². The maximum atomic E-state index is 9.68. The van der Waals surface area contributed by atoms with Crippen LogP contribution in [0.15, 0.2) is 4.47 Å². The molecule has 14 heavy (non-hydrogen) atoms. The third-order valence-electron chi connectivity index (χ3n) is 2.07. The standard InChI is InChI=1S/C9H8BrClO3/c1-4-6(11)9-8(5(10)7(4)12)13-2-3-14-9/h12H,2-3H2,1H3. The summed E-state index contributed by atoms with van der Waals surface area (Å²) in [5.41, 5.74) is 0.586. The zero-order chi connectivity index (χ0) is 10.3. The van der Waals surface area contributed by atoms with Crippen molar-refractivity contribution in [3.8, 4) is 17.2 Å². The van der Waals surface area contributed by atoms with Crippen molar-refractivity contribution in [2.24, 2.45) is 0 Å². The molecule has 0 aromatic heterocycles. The van der Waals surface area contributed by atoms with E-state index in [1.807, 2.05) is 0 Å². The molecule has 3 nitrogen and oxygen atoms in total. The minimum atomic E-state index is 0.0965. The maximum Gasteiger partial charge on any atom is 0.181 e. The number of benzene rings is 1. The Hall–Kier alpha value is -0.610. The molecule has 0 aliphatic carbocycles. The van der Waals surface area contributed by atoms with Gasteiger partial charge in [-0.25, -0.2) is 0 Å². The minimum absolute atomic E-state index is 0.0965. The molecule has 1 heterocycles. The summed E-state index contributed by atoms with van der Waals surface area (Å²) in [6.45, 7) is 2.66. The number of phenols is 1. The zero-order valence-corrected chi connectivity index (χ0v) is 9.78. The fourth-order valence-corrected chi connectivity index (χ4v) is 2.11. The number of aromatic hydroxyl groups is 1. The van der Waals surface area contributed by atoms with E-state index in [4.69, 9.17) is 21.1 Å². The summed E-state index contributed by atoms with van der Waals surface area (Å²) in [6, 6.07) is 0. The van der Waals surface area contributed by atoms with E-state index in [0.29, 0.717) is 39.8 Å². The van der Waals surface area contributed by atoms with E-state index in [1.165, 1.54) is 0 Å². The highest BCUT2D eigenvalue weighted by Crippen LogP contribution is 2.49. The first-order valence-electron chi connectivity index (χ1n) is 4.09. The maximum absolute atomic E-state index is 9.68. The Balaban J connectivity index is 2.71. The molecule has 0 saturated heterocycles. The van der Waals surface area contributed by atoms with E-state index < -0.39 is 0 Å². The smallest absolute Gasteiger partial charge is 0.181 e. The highest BCUT2D eigenvalue weighted by Gasteiger charge is 2.24. The highest BCUT2D eigenvalue weighted by atomic mass is 79.9. The monoisotopic (exact) mass is 278 g/mol. The summed E-state index contributed by atoms with van der Waals surface area (Å²) >= 11 is 9.24. The fraction of sp³-hybridized carbons (Fsp3) is 0.333. The molecule has 1 aromatic carbocycles. The third-order valence-corrected chi connectivity index (χ3v) is 3.26. The fourth-order valence-electron chi connectivity index (χ4n) is 1.29. The van der Waals surface area contributed by atoms with Crippen molar-refractivity contribution in [3.05, 3.63) is 15.1 Å². The van der Waals surface area contributed by atoms with E-state index in [2.05, 4.69) is 15.9 Å². The second-order valence-corrected chi connectivity index (χ2v) is 4.13. The van der Waals surface area contributed by atoms with Crippen LogP contribution in [0.1, 0.15) is 5.56 Å². The minimum Gasteiger partial charge on any atom is -0.506 e. The van der Waals surface area contributed by atoms with E-state index >= 15 is 0 Å². The number of halogens is 2. The molecule has 0 unspecified atom stereocenters. The van der Waals surface area contributed by atoms with Crippen LogP contribution in [0.2, 0.25) is 5.02 Å². The first-order chi connectivity index (χ1) is 6.63. The lowest BCUT2D eigenvalue weighted by Gasteiger charge is -2.22. The van der Waals surface area contributed by atoms with Crippen molar-refractivity contribution in [2.45, 2.75) is 6.92 Å². The number of rotatable bonds is 0. The van der Waals surface area contributed by atoms with Crippen molar-refractivity contribution in [1.29, 1.82) is 0 Å². The predicted molar refractivity (Wildman–Crippen MR) is 56.5 cm³/mol. The van der Waals surface area contributed by atoms with Gasteiger partial charge in [0.25, 0.3) is 0 Å². The average molecular weight is 280 g/mol. The van der Waals surface area contributed by atoms with Crippen LogP contribution in [-0.4, -0.2) is 18.3 Å². The van der Waals surface area contributed by atoms with Gasteiger partial charge < -0.3 is 14.6 Å². The van der Waals surface area contributed by atoms with Crippen LogP contribution in [0.4, 0.5) is 0 Å². The van der Waals surface area contributed by atoms with Gasteiger partial charge in [0.05, 0.1) is 5.02 Å². The Morgan fingerprint density at radius 3 is 2.50 bits per heavy atom. The highest BCUT2D eigenvalue weighted by molar-refractivity contribution is 9.10. The Morgan fingerprint density at radius 1 is 1.29 bits per heavy atom. The molecule has 76 valence electrons. The Kier molecular flexibility index (Phi) is 2.49. The largest absolute Gasteiger partial charge is 0.506 e. The molecule has 1 aliphatic rings. The SMILES string of the molecule is Cc1c(O)c(Br)c2c(c1Cl)OCCO2. The number of fused-ring (bicyclic) bond motifs is 1. The topological polar surface area (TPSA) is 38.7 Å². The van der Waals surface area contributed by atoms with Crippen LogP contribution in [0.5, 0.6) is 17.2 Å². The summed E-state index contributed by atoms with van der Waals surface area (Å²) < 4.78 is 11.2. The van der Waals surface area contributed by atoms with Gasteiger partial charge in [0, 0.05) is 5.56 Å². The summed E-state index contributed by atoms with van der Waals surface area (Å²) in [6.07, 6.45) is 0. The number of hydrogen-bond donors (Lipinski definition) is 1. The second kappa shape index (κ2) is 3.51. The molecular formula is C9H8BrClO3. The quantitative estimate of drug-likeness (QED) is 0.793. The first kappa shape index (κ1) is 9.93. The van der Waals surface area contributed by atoms with Crippen LogP contribution in [-0.2, 0) is 0 Å². The van der Waals surface area contributed by atoms with Crippen molar-refractivity contribution >= 4 is 27.5 Å². The van der Waals surface area contributed by atoms with E-state index in [-0.39, 0.29) is 5.75 Å². The third kappa shape index (κ3) is 1.33. The Labute approximate surface area is 94.7 Å². The molecule has 0 saturated carbocycles. The lowest BCUT2D eigenvalue weighted by Crippen LogP contribution is -2.16. The van der Waals surface area contributed by atoms with Crippen molar-refractivity contribution in [3.63, 3.8) is 0 Å². The molecule has 2 rings (SSSR count). The van der Waals surface area contributed by atoms with Gasteiger partial charge in [-0.3, -0.25) is 0 Å². The van der Waals surface area contributed by atoms with Crippen LogP contribution in [0.25, 0.3) is 0 Å². The van der Waals surface area contributed by atoms with Gasteiger partial charge in [-0.2, -0.15) is 0 Å². The normalized spacial score (nSPS) is 14.2. The number of hydrogen-bond acceptors (Lipinski definition) is 3. The predicted octanol–water partition coefficient (Wildman–Crippen LogP) is 2.89. The molecule has 1 N–H and O–H groups in total. The van der Waals surface area contributed by atoms with E-state index in [1.54, 1.807) is 6.92 Å². The molecule has 1 aliphatic heterocycles. The molecule has 5 heteroatoms. The van der Waals surface area contributed by atoms with Gasteiger partial charge in [-0.1, -0.05) is 11.6 Å². The van der Waals surface area contributed by atoms with Crippen LogP contribution < -0.4 is 9.47 Å². The van der Waals surface area contributed by atoms with Crippen molar-refractivity contribution in [1.82, 2.24) is 0 Å². The summed E-state index contributed by atoms with van der Waals surface area (Å²) in [4.78, 5) is 0. The lowest BCUT2D eigenvalue weighted by molar-refractivity contribution is 0.169. The molecular weight excluding hydrogens is 271 g/mol. The van der Waals surface area contributed by atoms with Gasteiger partial charge in [0.15, 0.2) is 11.5 Å². The summed E-state index contributed by atoms with van der Waals surface area (Å²) in [5.74, 6) is 1.07.